The van der Waals surface area contributed by atoms with Crippen LogP contribution in [0.15, 0.2) is 36.7 Å². The van der Waals surface area contributed by atoms with E-state index in [9.17, 15) is 0 Å². The third-order valence-corrected chi connectivity index (χ3v) is 3.61. The van der Waals surface area contributed by atoms with Crippen molar-refractivity contribution in [2.45, 2.75) is 40.2 Å². The Morgan fingerprint density at radius 1 is 1.10 bits per heavy atom. The SMILES string of the molecule is CCNC(Cc1cc(C)cc(C)c1)c1ccncc1C. The molecule has 0 radical (unpaired) electrons. The van der Waals surface area contributed by atoms with E-state index in [1.165, 1.54) is 27.8 Å². The predicted octanol–water partition coefficient (Wildman–Crippen LogP) is 3.90. The van der Waals surface area contributed by atoms with Crippen LogP contribution in [-0.4, -0.2) is 11.5 Å². The lowest BCUT2D eigenvalue weighted by atomic mass is 9.95. The van der Waals surface area contributed by atoms with Gasteiger partial charge in [-0.25, -0.2) is 0 Å². The van der Waals surface area contributed by atoms with Crippen molar-refractivity contribution >= 4 is 0 Å². The summed E-state index contributed by atoms with van der Waals surface area (Å²) in [5, 5.41) is 3.60. The first kappa shape index (κ1) is 14.7. The van der Waals surface area contributed by atoms with Crippen LogP contribution in [-0.2, 0) is 6.42 Å². The molecule has 106 valence electrons. The second-order valence-electron chi connectivity index (χ2n) is 5.54. The van der Waals surface area contributed by atoms with Gasteiger partial charge in [-0.2, -0.15) is 0 Å². The Bertz CT molecular complexity index is 555. The van der Waals surface area contributed by atoms with E-state index in [2.05, 4.69) is 62.3 Å². The van der Waals surface area contributed by atoms with Gasteiger partial charge >= 0.3 is 0 Å². The fourth-order valence-electron chi connectivity index (χ4n) is 2.84. The largest absolute Gasteiger partial charge is 0.310 e. The van der Waals surface area contributed by atoms with Crippen molar-refractivity contribution in [2.75, 3.05) is 6.54 Å². The van der Waals surface area contributed by atoms with Crippen LogP contribution in [0.3, 0.4) is 0 Å². The Balaban J connectivity index is 2.28. The van der Waals surface area contributed by atoms with Crippen molar-refractivity contribution in [1.82, 2.24) is 10.3 Å². The molecule has 0 aliphatic heterocycles. The van der Waals surface area contributed by atoms with Gasteiger partial charge in [-0.1, -0.05) is 36.2 Å². The van der Waals surface area contributed by atoms with Gasteiger partial charge in [-0.3, -0.25) is 4.98 Å². The number of nitrogens with zero attached hydrogens (tertiary/aromatic N) is 1. The normalized spacial score (nSPS) is 12.4. The number of hydrogen-bond acceptors (Lipinski definition) is 2. The van der Waals surface area contributed by atoms with E-state index < -0.39 is 0 Å². The fourth-order valence-corrected chi connectivity index (χ4v) is 2.84. The van der Waals surface area contributed by atoms with Crippen molar-refractivity contribution < 1.29 is 0 Å². The molecule has 0 amide bonds. The molecule has 1 atom stereocenters. The molecule has 2 heteroatoms. The summed E-state index contributed by atoms with van der Waals surface area (Å²) in [4.78, 5) is 4.19. The minimum atomic E-state index is 0.351. The topological polar surface area (TPSA) is 24.9 Å². The van der Waals surface area contributed by atoms with Crippen molar-refractivity contribution in [1.29, 1.82) is 0 Å². The number of rotatable bonds is 5. The van der Waals surface area contributed by atoms with E-state index in [0.717, 1.165) is 13.0 Å². The number of aromatic nitrogens is 1. The quantitative estimate of drug-likeness (QED) is 0.889. The van der Waals surface area contributed by atoms with E-state index >= 15 is 0 Å². The number of likely N-dealkylation sites (N-methyl/N-ethyl adjacent to an activating group) is 1. The van der Waals surface area contributed by atoms with Gasteiger partial charge in [0.25, 0.3) is 0 Å². The van der Waals surface area contributed by atoms with Crippen molar-refractivity contribution in [3.05, 3.63) is 64.5 Å². The van der Waals surface area contributed by atoms with Gasteiger partial charge in [0.15, 0.2) is 0 Å². The maximum Gasteiger partial charge on any atom is 0.0364 e. The Morgan fingerprint density at radius 2 is 1.80 bits per heavy atom. The summed E-state index contributed by atoms with van der Waals surface area (Å²) in [5.74, 6) is 0. The lowest BCUT2D eigenvalue weighted by Crippen LogP contribution is -2.23. The molecule has 0 aliphatic rings. The molecule has 1 aromatic heterocycles. The molecule has 0 fully saturated rings. The standard InChI is InChI=1S/C18H24N2/c1-5-20-18(17-6-7-19-12-15(17)4)11-16-9-13(2)8-14(3)10-16/h6-10,12,18,20H,5,11H2,1-4H3. The van der Waals surface area contributed by atoms with Crippen LogP contribution in [0.5, 0.6) is 0 Å². The molecule has 1 heterocycles. The first-order valence-corrected chi connectivity index (χ1v) is 7.31. The molecule has 1 aromatic carbocycles. The molecule has 0 spiro atoms. The van der Waals surface area contributed by atoms with Gasteiger partial charge in [0.2, 0.25) is 0 Å². The summed E-state index contributed by atoms with van der Waals surface area (Å²) in [6, 6.07) is 9.28. The number of hydrogen-bond donors (Lipinski definition) is 1. The molecule has 1 N–H and O–H groups in total. The number of pyridine rings is 1. The summed E-state index contributed by atoms with van der Waals surface area (Å²) >= 11 is 0. The minimum Gasteiger partial charge on any atom is -0.310 e. The molecule has 0 saturated carbocycles. The highest BCUT2D eigenvalue weighted by molar-refractivity contribution is 5.32. The van der Waals surface area contributed by atoms with Gasteiger partial charge in [0.1, 0.15) is 0 Å². The summed E-state index contributed by atoms with van der Waals surface area (Å²) in [5.41, 5.74) is 6.66. The average molecular weight is 268 g/mol. The maximum atomic E-state index is 4.19. The number of aryl methyl sites for hydroxylation is 3. The maximum absolute atomic E-state index is 4.19. The van der Waals surface area contributed by atoms with Crippen LogP contribution in [0.2, 0.25) is 0 Å². The molecular weight excluding hydrogens is 244 g/mol. The van der Waals surface area contributed by atoms with Gasteiger partial charge in [-0.05, 0) is 56.5 Å². The zero-order valence-electron chi connectivity index (χ0n) is 12.9. The van der Waals surface area contributed by atoms with E-state index in [-0.39, 0.29) is 0 Å². The smallest absolute Gasteiger partial charge is 0.0364 e. The van der Waals surface area contributed by atoms with Crippen LogP contribution >= 0.6 is 0 Å². The number of benzene rings is 1. The number of nitrogens with one attached hydrogen (secondary N) is 1. The second-order valence-corrected chi connectivity index (χ2v) is 5.54. The molecule has 1 unspecified atom stereocenters. The molecule has 2 rings (SSSR count). The highest BCUT2D eigenvalue weighted by atomic mass is 14.9. The molecule has 0 bridgehead atoms. The first-order valence-electron chi connectivity index (χ1n) is 7.31. The molecule has 2 aromatic rings. The third-order valence-electron chi connectivity index (χ3n) is 3.61. The Morgan fingerprint density at radius 3 is 2.40 bits per heavy atom. The lowest BCUT2D eigenvalue weighted by molar-refractivity contribution is 0.546. The average Bonchev–Trinajstić information content (AvgIpc) is 2.37. The minimum absolute atomic E-state index is 0.351. The first-order chi connectivity index (χ1) is 9.60. The van der Waals surface area contributed by atoms with Gasteiger partial charge < -0.3 is 5.32 Å². The zero-order chi connectivity index (χ0) is 14.5. The van der Waals surface area contributed by atoms with E-state index in [1.54, 1.807) is 0 Å². The van der Waals surface area contributed by atoms with Crippen LogP contribution in [0, 0.1) is 20.8 Å². The van der Waals surface area contributed by atoms with Gasteiger partial charge in [0.05, 0.1) is 0 Å². The molecule has 20 heavy (non-hydrogen) atoms. The highest BCUT2D eigenvalue weighted by Crippen LogP contribution is 2.22. The van der Waals surface area contributed by atoms with Crippen molar-refractivity contribution in [2.24, 2.45) is 0 Å². The van der Waals surface area contributed by atoms with Crippen LogP contribution in [0.25, 0.3) is 0 Å². The Hall–Kier alpha value is -1.67. The van der Waals surface area contributed by atoms with Crippen molar-refractivity contribution in [3.8, 4) is 0 Å². The summed E-state index contributed by atoms with van der Waals surface area (Å²) < 4.78 is 0. The molecule has 2 nitrogen and oxygen atoms in total. The fraction of sp³-hybridized carbons (Fsp3) is 0.389. The Kier molecular flexibility index (Phi) is 4.91. The monoisotopic (exact) mass is 268 g/mol. The summed E-state index contributed by atoms with van der Waals surface area (Å²) in [6.07, 6.45) is 4.84. The third kappa shape index (κ3) is 3.67. The summed E-state index contributed by atoms with van der Waals surface area (Å²) in [7, 11) is 0. The lowest BCUT2D eigenvalue weighted by Gasteiger charge is -2.20. The van der Waals surface area contributed by atoms with Crippen LogP contribution < -0.4 is 5.32 Å². The van der Waals surface area contributed by atoms with Gasteiger partial charge in [-0.15, -0.1) is 0 Å². The second kappa shape index (κ2) is 6.67. The van der Waals surface area contributed by atoms with Gasteiger partial charge in [0, 0.05) is 18.4 Å². The highest BCUT2D eigenvalue weighted by Gasteiger charge is 2.13. The summed E-state index contributed by atoms with van der Waals surface area (Å²) in [6.45, 7) is 9.59. The van der Waals surface area contributed by atoms with Crippen LogP contribution in [0.1, 0.15) is 40.8 Å². The molecule has 0 saturated heterocycles. The predicted molar refractivity (Wildman–Crippen MR) is 85.0 cm³/mol. The molecule has 0 aliphatic carbocycles. The van der Waals surface area contributed by atoms with Crippen LogP contribution in [0.4, 0.5) is 0 Å². The van der Waals surface area contributed by atoms with E-state index in [0.29, 0.717) is 6.04 Å². The molecular formula is C18H24N2. The van der Waals surface area contributed by atoms with E-state index in [4.69, 9.17) is 0 Å². The Labute approximate surface area is 122 Å². The zero-order valence-corrected chi connectivity index (χ0v) is 12.9. The van der Waals surface area contributed by atoms with E-state index in [1.807, 2.05) is 12.4 Å². The van der Waals surface area contributed by atoms with Crippen molar-refractivity contribution in [3.63, 3.8) is 0 Å².